The number of nitrogens with one attached hydrogen (secondary N) is 2. The van der Waals surface area contributed by atoms with Gasteiger partial charge in [-0.05, 0) is 29.0 Å². The van der Waals surface area contributed by atoms with E-state index in [0.717, 1.165) is 11.1 Å². The van der Waals surface area contributed by atoms with Gasteiger partial charge in [-0.1, -0.05) is 88.4 Å². The van der Waals surface area contributed by atoms with Crippen molar-refractivity contribution in [2.75, 3.05) is 5.32 Å². The van der Waals surface area contributed by atoms with Crippen LogP contribution in [-0.2, 0) is 20.2 Å². The van der Waals surface area contributed by atoms with Gasteiger partial charge in [-0.2, -0.15) is 4.72 Å². The molecule has 7 nitrogen and oxygen atoms in total. The number of hydrogen-bond donors (Lipinski definition) is 2. The second-order valence-corrected chi connectivity index (χ2v) is 11.6. The van der Waals surface area contributed by atoms with Gasteiger partial charge in [0.1, 0.15) is 11.0 Å². The van der Waals surface area contributed by atoms with E-state index in [9.17, 15) is 13.2 Å². The van der Waals surface area contributed by atoms with Crippen LogP contribution in [0.4, 0.5) is 5.13 Å². The molecule has 0 radical (unpaired) electrons. The number of aromatic nitrogens is 2. The molecule has 2 N–H and O–H groups in total. The standard InChI is InChI=1S/C23H28N4O3S2/c1-15(2)19(27-32(29,30)18-13-11-17(12-14-18)23(3,4)5)20(28)24-22-26-25-21(31-22)16-9-7-6-8-10-16/h6-15,19,27H,1-5H3,(H,24,26,28). The van der Waals surface area contributed by atoms with E-state index in [-0.39, 0.29) is 16.2 Å². The van der Waals surface area contributed by atoms with Crippen LogP contribution >= 0.6 is 11.3 Å². The Kier molecular flexibility index (Phi) is 7.12. The first kappa shape index (κ1) is 24.0. The molecule has 0 bridgehead atoms. The van der Waals surface area contributed by atoms with Gasteiger partial charge in [0.15, 0.2) is 0 Å². The Bertz CT molecular complexity index is 1170. The van der Waals surface area contributed by atoms with Crippen molar-refractivity contribution in [1.29, 1.82) is 0 Å². The van der Waals surface area contributed by atoms with Crippen molar-refractivity contribution in [3.05, 3.63) is 60.2 Å². The third-order valence-corrected chi connectivity index (χ3v) is 7.28. The van der Waals surface area contributed by atoms with Crippen LogP contribution in [0, 0.1) is 5.92 Å². The molecule has 0 aliphatic rings. The maximum atomic E-state index is 12.9. The number of anilines is 1. The van der Waals surface area contributed by atoms with Crippen LogP contribution in [0.25, 0.3) is 10.6 Å². The quantitative estimate of drug-likeness (QED) is 0.529. The lowest BCUT2D eigenvalue weighted by atomic mass is 9.87. The van der Waals surface area contributed by atoms with Crippen LogP contribution < -0.4 is 10.0 Å². The second-order valence-electron chi connectivity index (χ2n) is 8.88. The zero-order chi connectivity index (χ0) is 23.5. The fraction of sp³-hybridized carbons (Fsp3) is 0.348. The molecule has 2 aromatic carbocycles. The van der Waals surface area contributed by atoms with E-state index in [1.807, 2.05) is 30.3 Å². The molecule has 32 heavy (non-hydrogen) atoms. The van der Waals surface area contributed by atoms with Gasteiger partial charge < -0.3 is 0 Å². The summed E-state index contributed by atoms with van der Waals surface area (Å²) in [5.41, 5.74) is 1.83. The van der Waals surface area contributed by atoms with Gasteiger partial charge in [0.05, 0.1) is 4.90 Å². The summed E-state index contributed by atoms with van der Waals surface area (Å²) in [5.74, 6) is -0.759. The fourth-order valence-electron chi connectivity index (χ4n) is 3.02. The number of benzene rings is 2. The first-order chi connectivity index (χ1) is 15.0. The Labute approximate surface area is 193 Å². The average molecular weight is 473 g/mol. The molecule has 3 rings (SSSR count). The van der Waals surface area contributed by atoms with Crippen molar-refractivity contribution in [3.8, 4) is 10.6 Å². The summed E-state index contributed by atoms with van der Waals surface area (Å²) in [6, 6.07) is 15.3. The maximum Gasteiger partial charge on any atom is 0.244 e. The number of carbonyl (C=O) groups excluding carboxylic acids is 1. The highest BCUT2D eigenvalue weighted by Gasteiger charge is 2.29. The van der Waals surface area contributed by atoms with Crippen molar-refractivity contribution in [2.45, 2.75) is 51.0 Å². The normalized spacial score (nSPS) is 13.2. The molecule has 3 aromatic rings. The predicted molar refractivity (Wildman–Crippen MR) is 128 cm³/mol. The molecule has 0 fully saturated rings. The summed E-state index contributed by atoms with van der Waals surface area (Å²) in [7, 11) is -3.89. The average Bonchev–Trinajstić information content (AvgIpc) is 3.20. The van der Waals surface area contributed by atoms with Gasteiger partial charge in [0.2, 0.25) is 21.1 Å². The number of sulfonamides is 1. The molecule has 0 saturated heterocycles. The summed E-state index contributed by atoms with van der Waals surface area (Å²) in [5, 5.41) is 11.8. The number of nitrogens with zero attached hydrogens (tertiary/aromatic N) is 2. The maximum absolute atomic E-state index is 12.9. The van der Waals surface area contributed by atoms with Crippen molar-refractivity contribution < 1.29 is 13.2 Å². The Morgan fingerprint density at radius 2 is 1.59 bits per heavy atom. The summed E-state index contributed by atoms with van der Waals surface area (Å²) in [4.78, 5) is 13.0. The van der Waals surface area contributed by atoms with Gasteiger partial charge in [-0.25, -0.2) is 8.42 Å². The number of carbonyl (C=O) groups is 1. The Balaban J connectivity index is 1.75. The van der Waals surface area contributed by atoms with Crippen molar-refractivity contribution in [2.24, 2.45) is 5.92 Å². The predicted octanol–water partition coefficient (Wildman–Crippen LogP) is 4.44. The molecule has 1 amide bonds. The molecule has 1 heterocycles. The molecule has 170 valence electrons. The third kappa shape index (κ3) is 5.79. The van der Waals surface area contributed by atoms with Crippen molar-refractivity contribution in [1.82, 2.24) is 14.9 Å². The van der Waals surface area contributed by atoms with E-state index < -0.39 is 22.0 Å². The monoisotopic (exact) mass is 472 g/mol. The highest BCUT2D eigenvalue weighted by atomic mass is 32.2. The molecular weight excluding hydrogens is 444 g/mol. The second kappa shape index (κ2) is 9.48. The van der Waals surface area contributed by atoms with Crippen molar-refractivity contribution >= 4 is 32.4 Å². The fourth-order valence-corrected chi connectivity index (χ4v) is 5.11. The van der Waals surface area contributed by atoms with E-state index >= 15 is 0 Å². The van der Waals surface area contributed by atoms with E-state index in [2.05, 4.69) is 41.0 Å². The van der Waals surface area contributed by atoms with Gasteiger partial charge in [0, 0.05) is 5.56 Å². The van der Waals surface area contributed by atoms with Gasteiger partial charge in [-0.3, -0.25) is 10.1 Å². The molecule has 9 heteroatoms. The first-order valence-electron chi connectivity index (χ1n) is 10.3. The number of rotatable bonds is 7. The first-order valence-corrected chi connectivity index (χ1v) is 12.6. The van der Waals surface area contributed by atoms with Crippen LogP contribution in [0.3, 0.4) is 0 Å². The minimum Gasteiger partial charge on any atom is -0.299 e. The molecule has 0 aliphatic heterocycles. The third-order valence-electron chi connectivity index (χ3n) is 4.94. The molecule has 0 saturated carbocycles. The highest BCUT2D eigenvalue weighted by molar-refractivity contribution is 7.89. The lowest BCUT2D eigenvalue weighted by Crippen LogP contribution is -2.47. The molecule has 1 atom stereocenters. The van der Waals surface area contributed by atoms with E-state index in [1.54, 1.807) is 38.1 Å². The molecular formula is C23H28N4O3S2. The minimum absolute atomic E-state index is 0.0869. The largest absolute Gasteiger partial charge is 0.299 e. The Hall–Kier alpha value is -2.62. The minimum atomic E-state index is -3.89. The molecule has 1 aromatic heterocycles. The van der Waals surface area contributed by atoms with Gasteiger partial charge in [0.25, 0.3) is 0 Å². The lowest BCUT2D eigenvalue weighted by molar-refractivity contribution is -0.118. The zero-order valence-corrected chi connectivity index (χ0v) is 20.4. The number of amides is 1. The van der Waals surface area contributed by atoms with Gasteiger partial charge in [-0.15, -0.1) is 10.2 Å². The topological polar surface area (TPSA) is 101 Å². The molecule has 0 spiro atoms. The molecule has 0 aliphatic carbocycles. The SMILES string of the molecule is CC(C)C(NS(=O)(=O)c1ccc(C(C)(C)C)cc1)C(=O)Nc1nnc(-c2ccccc2)s1. The smallest absolute Gasteiger partial charge is 0.244 e. The number of hydrogen-bond acceptors (Lipinski definition) is 6. The summed E-state index contributed by atoms with van der Waals surface area (Å²) >= 11 is 1.23. The summed E-state index contributed by atoms with van der Waals surface area (Å²) in [6.07, 6.45) is 0. The summed E-state index contributed by atoms with van der Waals surface area (Å²) < 4.78 is 28.4. The molecule has 1 unspecified atom stereocenters. The van der Waals surface area contributed by atoms with E-state index in [4.69, 9.17) is 0 Å². The van der Waals surface area contributed by atoms with Crippen LogP contribution in [0.15, 0.2) is 59.5 Å². The van der Waals surface area contributed by atoms with Crippen LogP contribution in [-0.4, -0.2) is 30.6 Å². The van der Waals surface area contributed by atoms with Crippen molar-refractivity contribution in [3.63, 3.8) is 0 Å². The van der Waals surface area contributed by atoms with Crippen LogP contribution in [0.2, 0.25) is 0 Å². The van der Waals surface area contributed by atoms with E-state index in [1.165, 1.54) is 11.3 Å². The van der Waals surface area contributed by atoms with Crippen LogP contribution in [0.5, 0.6) is 0 Å². The Morgan fingerprint density at radius 1 is 0.969 bits per heavy atom. The van der Waals surface area contributed by atoms with E-state index in [0.29, 0.717) is 10.1 Å². The Morgan fingerprint density at radius 3 is 2.16 bits per heavy atom. The zero-order valence-electron chi connectivity index (χ0n) is 18.8. The lowest BCUT2D eigenvalue weighted by Gasteiger charge is -2.22. The van der Waals surface area contributed by atoms with Gasteiger partial charge >= 0.3 is 0 Å². The van der Waals surface area contributed by atoms with Crippen LogP contribution in [0.1, 0.15) is 40.2 Å². The summed E-state index contributed by atoms with van der Waals surface area (Å²) in [6.45, 7) is 9.75. The highest BCUT2D eigenvalue weighted by Crippen LogP contribution is 2.27.